The lowest BCUT2D eigenvalue weighted by atomic mass is 10.0. The number of hydrogen-bond acceptors (Lipinski definition) is 10. The Hall–Kier alpha value is -2.23. The molecule has 11 heteroatoms. The number of halogens is 1. The van der Waals surface area contributed by atoms with Crippen molar-refractivity contribution in [2.45, 2.75) is 72.5 Å². The molecule has 182 valence electrons. The Morgan fingerprint density at radius 1 is 0.645 bits per heavy atom. The van der Waals surface area contributed by atoms with Crippen LogP contribution in [0.15, 0.2) is 0 Å². The predicted octanol–water partition coefficient (Wildman–Crippen LogP) is 3.81. The van der Waals surface area contributed by atoms with E-state index in [0.29, 0.717) is 19.3 Å². The molecule has 0 N–H and O–H groups in total. The Labute approximate surface area is 189 Å². The lowest BCUT2D eigenvalue weighted by Crippen LogP contribution is -2.20. The van der Waals surface area contributed by atoms with E-state index in [4.69, 9.17) is 28.4 Å². The van der Waals surface area contributed by atoms with Crippen LogP contribution in [0.3, 0.4) is 0 Å². The van der Waals surface area contributed by atoms with Crippen molar-refractivity contribution in [3.05, 3.63) is 0 Å². The summed E-state index contributed by atoms with van der Waals surface area (Å²) in [6, 6.07) is 0. The molecule has 0 radical (unpaired) electrons. The van der Waals surface area contributed by atoms with E-state index in [-0.39, 0.29) is 63.4 Å². The van der Waals surface area contributed by atoms with Gasteiger partial charge in [-0.05, 0) is 40.5 Å². The van der Waals surface area contributed by atoms with E-state index in [1.54, 1.807) is 34.6 Å². The van der Waals surface area contributed by atoms with Crippen LogP contribution < -0.4 is 0 Å². The quantitative estimate of drug-likeness (QED) is 0.210. The van der Waals surface area contributed by atoms with Gasteiger partial charge in [0.25, 0.3) is 0 Å². The average Bonchev–Trinajstić information content (AvgIpc) is 2.64. The number of esters is 2. The van der Waals surface area contributed by atoms with Crippen LogP contribution in [0.5, 0.6) is 0 Å². The number of carbonyl (C=O) groups excluding carboxylic acids is 4. The maximum atomic E-state index is 11.9. The van der Waals surface area contributed by atoms with E-state index in [1.807, 2.05) is 0 Å². The molecule has 0 heterocycles. The van der Waals surface area contributed by atoms with Crippen molar-refractivity contribution >= 4 is 36.7 Å². The van der Waals surface area contributed by atoms with E-state index in [9.17, 15) is 19.2 Å². The highest BCUT2D eigenvalue weighted by Crippen LogP contribution is 2.11. The molecule has 0 amide bonds. The van der Waals surface area contributed by atoms with Crippen molar-refractivity contribution in [3.63, 3.8) is 0 Å². The highest BCUT2D eigenvalue weighted by atomic mass is 35.5. The summed E-state index contributed by atoms with van der Waals surface area (Å²) in [5, 5.41) is 0. The van der Waals surface area contributed by atoms with Gasteiger partial charge in [0.05, 0.1) is 18.1 Å². The first-order chi connectivity index (χ1) is 14.1. The number of ether oxygens (including phenoxy) is 6. The highest BCUT2D eigenvalue weighted by Gasteiger charge is 2.15. The smallest absolute Gasteiger partial charge is 0.462 e. The molecule has 0 aromatic rings. The molecular weight excluding hydrogens is 436 g/mol. The Bertz CT molecular complexity index is 536. The van der Waals surface area contributed by atoms with Gasteiger partial charge in [-0.15, -0.1) is 12.4 Å². The van der Waals surface area contributed by atoms with Crippen molar-refractivity contribution in [1.29, 1.82) is 0 Å². The zero-order chi connectivity index (χ0) is 22.9. The summed E-state index contributed by atoms with van der Waals surface area (Å²) in [5.74, 6) is -1.15. The van der Waals surface area contributed by atoms with Gasteiger partial charge in [-0.25, -0.2) is 9.59 Å². The zero-order valence-electron chi connectivity index (χ0n) is 18.9. The van der Waals surface area contributed by atoms with Crippen LogP contribution in [0.1, 0.15) is 60.3 Å². The Morgan fingerprint density at radius 3 is 1.58 bits per heavy atom. The summed E-state index contributed by atoms with van der Waals surface area (Å²) in [6.45, 7) is 8.28. The first-order valence-electron chi connectivity index (χ1n) is 10.1. The number of carbonyl (C=O) groups is 4. The monoisotopic (exact) mass is 470 g/mol. The van der Waals surface area contributed by atoms with Crippen molar-refractivity contribution in [2.24, 2.45) is 5.92 Å². The molecule has 10 nitrogen and oxygen atoms in total. The van der Waals surface area contributed by atoms with Gasteiger partial charge in [-0.1, -0.05) is 13.3 Å². The highest BCUT2D eigenvalue weighted by molar-refractivity contribution is 5.85. The van der Waals surface area contributed by atoms with Gasteiger partial charge in [0.2, 0.25) is 0 Å². The lowest BCUT2D eigenvalue weighted by molar-refractivity contribution is -0.149. The minimum atomic E-state index is -0.803. The minimum absolute atomic E-state index is 0. The van der Waals surface area contributed by atoms with Gasteiger partial charge in [-0.2, -0.15) is 0 Å². The molecule has 0 rings (SSSR count). The number of hydrogen-bond donors (Lipinski definition) is 0. The van der Waals surface area contributed by atoms with Gasteiger partial charge in [0.1, 0.15) is 26.4 Å². The average molecular weight is 471 g/mol. The topological polar surface area (TPSA) is 124 Å². The third kappa shape index (κ3) is 19.5. The van der Waals surface area contributed by atoms with Crippen molar-refractivity contribution in [2.75, 3.05) is 26.4 Å². The molecule has 1 unspecified atom stereocenters. The second-order valence-corrected chi connectivity index (χ2v) is 7.06. The second kappa shape index (κ2) is 18.5. The molecule has 0 aromatic carbocycles. The van der Waals surface area contributed by atoms with Crippen LogP contribution in [0.2, 0.25) is 0 Å². The van der Waals surface area contributed by atoms with E-state index in [1.165, 1.54) is 0 Å². The Balaban J connectivity index is 0. The van der Waals surface area contributed by atoms with Gasteiger partial charge in [0, 0.05) is 6.42 Å². The largest absolute Gasteiger partial charge is 0.508 e. The van der Waals surface area contributed by atoms with E-state index in [0.717, 1.165) is 0 Å². The van der Waals surface area contributed by atoms with E-state index < -0.39 is 24.2 Å². The summed E-state index contributed by atoms with van der Waals surface area (Å²) in [6.07, 6.45) is -0.222. The Morgan fingerprint density at radius 2 is 1.10 bits per heavy atom. The molecule has 0 spiro atoms. The molecule has 0 aromatic heterocycles. The van der Waals surface area contributed by atoms with Crippen molar-refractivity contribution < 1.29 is 47.6 Å². The van der Waals surface area contributed by atoms with Crippen LogP contribution in [0.25, 0.3) is 0 Å². The fourth-order valence-corrected chi connectivity index (χ4v) is 2.05. The van der Waals surface area contributed by atoms with E-state index in [2.05, 4.69) is 0 Å². The SMILES string of the molecule is CC(C)OC(=O)OCCOC(=O)CCCCC(C)C(=O)OCCOC(=O)OC(C)C.Cl. The summed E-state index contributed by atoms with van der Waals surface area (Å²) in [5.41, 5.74) is 0. The van der Waals surface area contributed by atoms with Gasteiger partial charge in [-0.3, -0.25) is 9.59 Å². The molecule has 0 saturated carbocycles. The number of rotatable bonds is 14. The summed E-state index contributed by atoms with van der Waals surface area (Å²) < 4.78 is 29.0. The van der Waals surface area contributed by atoms with Crippen LogP contribution in [-0.2, 0) is 38.0 Å². The molecule has 1 atom stereocenters. The van der Waals surface area contributed by atoms with Gasteiger partial charge >= 0.3 is 24.2 Å². The number of unbranched alkanes of at least 4 members (excludes halogenated alkanes) is 1. The van der Waals surface area contributed by atoms with Gasteiger partial charge < -0.3 is 28.4 Å². The first kappa shape index (κ1) is 31.0. The molecule has 0 aliphatic rings. The maximum Gasteiger partial charge on any atom is 0.508 e. The molecule has 0 aliphatic carbocycles. The summed E-state index contributed by atoms with van der Waals surface area (Å²) in [7, 11) is 0. The van der Waals surface area contributed by atoms with E-state index >= 15 is 0 Å². The van der Waals surface area contributed by atoms with Gasteiger partial charge in [0.15, 0.2) is 0 Å². The van der Waals surface area contributed by atoms with Crippen molar-refractivity contribution in [1.82, 2.24) is 0 Å². The molecule has 31 heavy (non-hydrogen) atoms. The van der Waals surface area contributed by atoms with Crippen LogP contribution >= 0.6 is 12.4 Å². The fraction of sp³-hybridized carbons (Fsp3) is 0.800. The van der Waals surface area contributed by atoms with Crippen molar-refractivity contribution in [3.8, 4) is 0 Å². The molecule has 0 bridgehead atoms. The summed E-state index contributed by atoms with van der Waals surface area (Å²) >= 11 is 0. The minimum Gasteiger partial charge on any atom is -0.462 e. The predicted molar refractivity (Wildman–Crippen MR) is 112 cm³/mol. The lowest BCUT2D eigenvalue weighted by Gasteiger charge is -2.12. The first-order valence-corrected chi connectivity index (χ1v) is 10.1. The third-order valence-corrected chi connectivity index (χ3v) is 3.45. The zero-order valence-corrected chi connectivity index (χ0v) is 19.7. The Kier molecular flexibility index (Phi) is 18.5. The maximum absolute atomic E-state index is 11.9. The molecule has 0 fully saturated rings. The molecule has 0 saturated heterocycles. The summed E-state index contributed by atoms with van der Waals surface area (Å²) in [4.78, 5) is 45.7. The molecule has 0 aliphatic heterocycles. The van der Waals surface area contributed by atoms with Crippen LogP contribution in [0.4, 0.5) is 9.59 Å². The molecular formula is C20H35ClO10. The van der Waals surface area contributed by atoms with Crippen LogP contribution in [0, 0.1) is 5.92 Å². The second-order valence-electron chi connectivity index (χ2n) is 7.06. The van der Waals surface area contributed by atoms with Crippen LogP contribution in [-0.4, -0.2) is 62.9 Å². The normalized spacial score (nSPS) is 11.2. The third-order valence-electron chi connectivity index (χ3n) is 3.45. The fourth-order valence-electron chi connectivity index (χ4n) is 2.05. The standard InChI is InChI=1S/C20H34O10.ClH/c1-14(2)29-19(23)27-12-10-25-17(21)9-7-6-8-16(5)18(22)26-11-13-28-20(24)30-15(3)4;/h14-16H,6-13H2,1-5H3;1H.